The van der Waals surface area contributed by atoms with E-state index in [1.54, 1.807) is 0 Å². The fourth-order valence-electron chi connectivity index (χ4n) is 0.914. The van der Waals surface area contributed by atoms with E-state index in [0.717, 1.165) is 18.9 Å². The lowest BCUT2D eigenvalue weighted by Gasteiger charge is -2.14. The van der Waals surface area contributed by atoms with Crippen LogP contribution in [0.4, 0.5) is 0 Å². The lowest BCUT2D eigenvalue weighted by molar-refractivity contribution is 0.237. The Balaban J connectivity index is 3.21. The number of hydrogen-bond acceptors (Lipinski definition) is 2. The monoisotopic (exact) mass is 159 g/mol. The molecule has 0 saturated heterocycles. The number of aliphatic hydroxyl groups is 1. The Labute approximate surface area is 70.0 Å². The van der Waals surface area contributed by atoms with Crippen LogP contribution in [0.3, 0.4) is 0 Å². The highest BCUT2D eigenvalue weighted by Crippen LogP contribution is 1.97. The maximum atomic E-state index is 8.83. The average molecular weight is 159 g/mol. The van der Waals surface area contributed by atoms with Gasteiger partial charge in [0.05, 0.1) is 6.61 Å². The van der Waals surface area contributed by atoms with Crippen LogP contribution in [0.25, 0.3) is 0 Å². The maximum Gasteiger partial charge on any atom is 0.0584 e. The van der Waals surface area contributed by atoms with Crippen LogP contribution >= 0.6 is 0 Å². The van der Waals surface area contributed by atoms with Crippen LogP contribution < -0.4 is 5.32 Å². The molecule has 2 heteroatoms. The van der Waals surface area contributed by atoms with E-state index < -0.39 is 0 Å². The number of hydrogen-bond donors (Lipinski definition) is 2. The summed E-state index contributed by atoms with van der Waals surface area (Å²) >= 11 is 0. The van der Waals surface area contributed by atoms with Gasteiger partial charge in [-0.25, -0.2) is 0 Å². The lowest BCUT2D eigenvalue weighted by Crippen LogP contribution is -2.32. The Hall–Kier alpha value is -0.0800. The summed E-state index contributed by atoms with van der Waals surface area (Å²) < 4.78 is 0. The Morgan fingerprint density at radius 2 is 2.00 bits per heavy atom. The van der Waals surface area contributed by atoms with Crippen molar-refractivity contribution in [1.29, 1.82) is 0 Å². The quantitative estimate of drug-likeness (QED) is 0.614. The van der Waals surface area contributed by atoms with E-state index >= 15 is 0 Å². The van der Waals surface area contributed by atoms with Gasteiger partial charge in [-0.1, -0.05) is 20.8 Å². The van der Waals surface area contributed by atoms with Gasteiger partial charge in [-0.2, -0.15) is 0 Å². The zero-order valence-electron chi connectivity index (χ0n) is 7.93. The van der Waals surface area contributed by atoms with Crippen molar-refractivity contribution in [3.63, 3.8) is 0 Å². The van der Waals surface area contributed by atoms with Crippen molar-refractivity contribution in [2.24, 2.45) is 5.92 Å². The third-order valence-electron chi connectivity index (χ3n) is 1.87. The highest BCUT2D eigenvalue weighted by Gasteiger charge is 2.02. The number of rotatable bonds is 6. The minimum absolute atomic E-state index is 0.259. The van der Waals surface area contributed by atoms with Crippen molar-refractivity contribution in [2.45, 2.75) is 39.7 Å². The van der Waals surface area contributed by atoms with Gasteiger partial charge in [-0.3, -0.25) is 0 Å². The fourth-order valence-corrected chi connectivity index (χ4v) is 0.914. The zero-order chi connectivity index (χ0) is 8.69. The fraction of sp³-hybridized carbons (Fsp3) is 1.00. The van der Waals surface area contributed by atoms with E-state index in [4.69, 9.17) is 5.11 Å². The summed E-state index contributed by atoms with van der Waals surface area (Å²) in [4.78, 5) is 0. The molecule has 0 aliphatic carbocycles. The third-order valence-corrected chi connectivity index (χ3v) is 1.87. The molecule has 1 atom stereocenters. The standard InChI is InChI=1S/C9H21NO/c1-4-9(7-11)10-6-5-8(2)3/h8-11H,4-7H2,1-3H3. The minimum atomic E-state index is 0.259. The first-order valence-corrected chi connectivity index (χ1v) is 4.55. The molecule has 0 fully saturated rings. The second-order valence-electron chi connectivity index (χ2n) is 3.42. The summed E-state index contributed by atoms with van der Waals surface area (Å²) in [7, 11) is 0. The molecule has 0 heterocycles. The van der Waals surface area contributed by atoms with Crippen LogP contribution in [-0.2, 0) is 0 Å². The first-order valence-electron chi connectivity index (χ1n) is 4.55. The largest absolute Gasteiger partial charge is 0.395 e. The molecule has 0 aromatic carbocycles. The highest BCUT2D eigenvalue weighted by atomic mass is 16.3. The topological polar surface area (TPSA) is 32.3 Å². The minimum Gasteiger partial charge on any atom is -0.395 e. The van der Waals surface area contributed by atoms with E-state index in [2.05, 4.69) is 26.1 Å². The summed E-state index contributed by atoms with van der Waals surface area (Å²) in [5.41, 5.74) is 0. The Morgan fingerprint density at radius 1 is 1.36 bits per heavy atom. The molecule has 0 spiro atoms. The molecular formula is C9H21NO. The Morgan fingerprint density at radius 3 is 2.36 bits per heavy atom. The van der Waals surface area contributed by atoms with Gasteiger partial charge in [0.1, 0.15) is 0 Å². The maximum absolute atomic E-state index is 8.83. The van der Waals surface area contributed by atoms with E-state index in [1.165, 1.54) is 6.42 Å². The highest BCUT2D eigenvalue weighted by molar-refractivity contribution is 4.62. The van der Waals surface area contributed by atoms with Crippen LogP contribution in [0.2, 0.25) is 0 Å². The average Bonchev–Trinajstić information content (AvgIpc) is 1.98. The first-order chi connectivity index (χ1) is 5.20. The molecule has 0 saturated carbocycles. The molecule has 0 aromatic rings. The Kier molecular flexibility index (Phi) is 6.57. The number of nitrogens with one attached hydrogen (secondary N) is 1. The second kappa shape index (κ2) is 6.62. The summed E-state index contributed by atoms with van der Waals surface area (Å²) in [5, 5.41) is 12.1. The molecule has 0 rings (SSSR count). The van der Waals surface area contributed by atoms with E-state index in [9.17, 15) is 0 Å². The Bertz CT molecular complexity index is 79.6. The van der Waals surface area contributed by atoms with Gasteiger partial charge in [0.25, 0.3) is 0 Å². The van der Waals surface area contributed by atoms with E-state index in [-0.39, 0.29) is 6.61 Å². The summed E-state index contributed by atoms with van der Waals surface area (Å²) in [6.07, 6.45) is 2.20. The molecule has 2 nitrogen and oxygen atoms in total. The van der Waals surface area contributed by atoms with Gasteiger partial charge in [0.2, 0.25) is 0 Å². The molecule has 11 heavy (non-hydrogen) atoms. The van der Waals surface area contributed by atoms with Gasteiger partial charge in [0.15, 0.2) is 0 Å². The van der Waals surface area contributed by atoms with Gasteiger partial charge in [0, 0.05) is 6.04 Å². The molecule has 68 valence electrons. The number of aliphatic hydroxyl groups excluding tert-OH is 1. The van der Waals surface area contributed by atoms with Crippen molar-refractivity contribution in [3.8, 4) is 0 Å². The van der Waals surface area contributed by atoms with Crippen LogP contribution in [0.5, 0.6) is 0 Å². The molecule has 0 amide bonds. The molecule has 0 aromatic heterocycles. The van der Waals surface area contributed by atoms with E-state index in [1.807, 2.05) is 0 Å². The van der Waals surface area contributed by atoms with Crippen molar-refractivity contribution in [3.05, 3.63) is 0 Å². The lowest BCUT2D eigenvalue weighted by atomic mass is 10.1. The van der Waals surface area contributed by atoms with E-state index in [0.29, 0.717) is 6.04 Å². The van der Waals surface area contributed by atoms with Gasteiger partial charge in [-0.15, -0.1) is 0 Å². The van der Waals surface area contributed by atoms with Crippen molar-refractivity contribution in [2.75, 3.05) is 13.2 Å². The van der Waals surface area contributed by atoms with Gasteiger partial charge < -0.3 is 10.4 Å². The van der Waals surface area contributed by atoms with Crippen molar-refractivity contribution < 1.29 is 5.11 Å². The summed E-state index contributed by atoms with van der Waals surface area (Å²) in [6, 6.07) is 0.300. The zero-order valence-corrected chi connectivity index (χ0v) is 7.93. The summed E-state index contributed by atoms with van der Waals surface area (Å²) in [5.74, 6) is 0.749. The molecule has 0 aliphatic heterocycles. The van der Waals surface area contributed by atoms with Crippen molar-refractivity contribution >= 4 is 0 Å². The summed E-state index contributed by atoms with van der Waals surface area (Å²) in [6.45, 7) is 7.79. The molecule has 0 radical (unpaired) electrons. The molecule has 0 bridgehead atoms. The molecular weight excluding hydrogens is 138 g/mol. The smallest absolute Gasteiger partial charge is 0.0584 e. The predicted octanol–water partition coefficient (Wildman–Crippen LogP) is 1.39. The second-order valence-corrected chi connectivity index (χ2v) is 3.42. The molecule has 1 unspecified atom stereocenters. The van der Waals surface area contributed by atoms with Crippen molar-refractivity contribution in [1.82, 2.24) is 5.32 Å². The third kappa shape index (κ3) is 6.32. The normalized spacial score (nSPS) is 13.9. The molecule has 2 N–H and O–H groups in total. The van der Waals surface area contributed by atoms with Crippen LogP contribution in [-0.4, -0.2) is 24.3 Å². The van der Waals surface area contributed by atoms with Crippen LogP contribution in [0.1, 0.15) is 33.6 Å². The SMILES string of the molecule is CCC(CO)NCCC(C)C. The van der Waals surface area contributed by atoms with Gasteiger partial charge >= 0.3 is 0 Å². The van der Waals surface area contributed by atoms with Crippen LogP contribution in [0, 0.1) is 5.92 Å². The van der Waals surface area contributed by atoms with Crippen LogP contribution in [0.15, 0.2) is 0 Å². The predicted molar refractivity (Wildman–Crippen MR) is 48.6 cm³/mol. The first kappa shape index (κ1) is 10.9. The molecule has 0 aliphatic rings. The van der Waals surface area contributed by atoms with Gasteiger partial charge in [-0.05, 0) is 25.3 Å².